The van der Waals surface area contributed by atoms with Crippen LogP contribution in [0.15, 0.2) is 52.9 Å². The number of nitrogens with zero attached hydrogens (tertiary/aromatic N) is 2. The van der Waals surface area contributed by atoms with Crippen LogP contribution >= 0.6 is 11.3 Å². The minimum absolute atomic E-state index is 0.0670. The Balaban J connectivity index is 1.50. The first kappa shape index (κ1) is 21.0. The van der Waals surface area contributed by atoms with Crippen LogP contribution in [0.3, 0.4) is 0 Å². The van der Waals surface area contributed by atoms with Crippen LogP contribution in [-0.2, 0) is 10.0 Å². The number of aromatic nitrogens is 1. The molecule has 158 valence electrons. The Kier molecular flexibility index (Phi) is 6.17. The summed E-state index contributed by atoms with van der Waals surface area (Å²) in [6.07, 6.45) is 5.14. The SMILES string of the molecule is CCN(C1CCCCC1)S(=O)(=O)c1ccc(C(=O)Nc2ccc3scnc3c2)cc1. The predicted molar refractivity (Wildman–Crippen MR) is 120 cm³/mol. The lowest BCUT2D eigenvalue weighted by atomic mass is 9.95. The van der Waals surface area contributed by atoms with Gasteiger partial charge in [0, 0.05) is 23.8 Å². The van der Waals surface area contributed by atoms with Crippen molar-refractivity contribution in [2.45, 2.75) is 50.0 Å². The van der Waals surface area contributed by atoms with Gasteiger partial charge >= 0.3 is 0 Å². The van der Waals surface area contributed by atoms with Crippen molar-refractivity contribution in [2.24, 2.45) is 0 Å². The average Bonchev–Trinajstić information content (AvgIpc) is 3.23. The van der Waals surface area contributed by atoms with Gasteiger partial charge in [-0.05, 0) is 55.3 Å². The average molecular weight is 444 g/mol. The van der Waals surface area contributed by atoms with E-state index in [1.807, 2.05) is 25.1 Å². The molecule has 1 aromatic heterocycles. The maximum Gasteiger partial charge on any atom is 0.255 e. The molecule has 3 aromatic rings. The number of carbonyl (C=O) groups excluding carboxylic acids is 1. The Morgan fingerprint density at radius 3 is 2.57 bits per heavy atom. The molecule has 1 aliphatic carbocycles. The Hall–Kier alpha value is -2.29. The number of fused-ring (bicyclic) bond motifs is 1. The van der Waals surface area contributed by atoms with Crippen LogP contribution in [0.5, 0.6) is 0 Å². The van der Waals surface area contributed by atoms with Gasteiger partial charge < -0.3 is 5.32 Å². The molecular weight excluding hydrogens is 418 g/mol. The number of hydrogen-bond donors (Lipinski definition) is 1. The van der Waals surface area contributed by atoms with Gasteiger partial charge in [-0.2, -0.15) is 4.31 Å². The standard InChI is InChI=1S/C22H25N3O3S2/c1-2-25(18-6-4-3-5-7-18)30(27,28)19-11-8-16(9-12-19)22(26)24-17-10-13-21-20(14-17)23-15-29-21/h8-15,18H,2-7H2,1H3,(H,24,26). The zero-order chi connectivity index (χ0) is 21.1. The van der Waals surface area contributed by atoms with Gasteiger partial charge in [0.25, 0.3) is 5.91 Å². The molecule has 8 heteroatoms. The lowest BCUT2D eigenvalue weighted by Gasteiger charge is -2.32. The number of nitrogens with one attached hydrogen (secondary N) is 1. The third-order valence-corrected chi connectivity index (χ3v) is 8.46. The van der Waals surface area contributed by atoms with Gasteiger partial charge in [-0.3, -0.25) is 4.79 Å². The summed E-state index contributed by atoms with van der Waals surface area (Å²) in [5.74, 6) is -0.284. The van der Waals surface area contributed by atoms with Crippen molar-refractivity contribution in [3.63, 3.8) is 0 Å². The number of thiazole rings is 1. The minimum atomic E-state index is -3.58. The quantitative estimate of drug-likeness (QED) is 0.588. The lowest BCUT2D eigenvalue weighted by Crippen LogP contribution is -2.41. The van der Waals surface area contributed by atoms with Crippen molar-refractivity contribution in [3.05, 3.63) is 53.5 Å². The molecule has 1 N–H and O–H groups in total. The summed E-state index contributed by atoms with van der Waals surface area (Å²) in [5, 5.41) is 2.85. The summed E-state index contributed by atoms with van der Waals surface area (Å²) < 4.78 is 29.0. The van der Waals surface area contributed by atoms with E-state index in [4.69, 9.17) is 0 Å². The molecule has 1 aliphatic rings. The second-order valence-electron chi connectivity index (χ2n) is 7.51. The highest BCUT2D eigenvalue weighted by atomic mass is 32.2. The zero-order valence-electron chi connectivity index (χ0n) is 16.9. The molecule has 6 nitrogen and oxygen atoms in total. The van der Waals surface area contributed by atoms with Gasteiger partial charge in [-0.25, -0.2) is 13.4 Å². The predicted octanol–water partition coefficient (Wildman–Crippen LogP) is 4.89. The summed E-state index contributed by atoms with van der Waals surface area (Å²) >= 11 is 1.54. The van der Waals surface area contributed by atoms with Gasteiger partial charge in [-0.1, -0.05) is 26.2 Å². The molecule has 1 fully saturated rings. The van der Waals surface area contributed by atoms with Crippen molar-refractivity contribution >= 4 is 43.2 Å². The maximum atomic E-state index is 13.2. The summed E-state index contributed by atoms with van der Waals surface area (Å²) in [5.41, 5.74) is 3.67. The largest absolute Gasteiger partial charge is 0.322 e. The number of sulfonamides is 1. The number of hydrogen-bond acceptors (Lipinski definition) is 5. The molecule has 0 atom stereocenters. The van der Waals surface area contributed by atoms with E-state index in [0.29, 0.717) is 17.8 Å². The van der Waals surface area contributed by atoms with E-state index in [-0.39, 0.29) is 16.8 Å². The summed E-state index contributed by atoms with van der Waals surface area (Å²) in [7, 11) is -3.58. The number of benzene rings is 2. The normalized spacial score (nSPS) is 15.5. The topological polar surface area (TPSA) is 79.4 Å². The smallest absolute Gasteiger partial charge is 0.255 e. The molecule has 0 unspecified atom stereocenters. The second-order valence-corrected chi connectivity index (χ2v) is 10.3. The minimum Gasteiger partial charge on any atom is -0.322 e. The molecule has 0 saturated heterocycles. The van der Waals surface area contributed by atoms with Crippen molar-refractivity contribution in [3.8, 4) is 0 Å². The number of anilines is 1. The zero-order valence-corrected chi connectivity index (χ0v) is 18.5. The summed E-state index contributed by atoms with van der Waals surface area (Å²) in [4.78, 5) is 17.1. The fourth-order valence-electron chi connectivity index (χ4n) is 4.05. The van der Waals surface area contributed by atoms with E-state index in [1.165, 1.54) is 18.6 Å². The van der Waals surface area contributed by atoms with Crippen LogP contribution in [-0.4, -0.2) is 36.2 Å². The van der Waals surface area contributed by atoms with Crippen LogP contribution in [0.2, 0.25) is 0 Å². The number of rotatable bonds is 6. The van der Waals surface area contributed by atoms with Crippen LogP contribution in [0.1, 0.15) is 49.4 Å². The molecule has 4 rings (SSSR count). The Morgan fingerprint density at radius 1 is 1.13 bits per heavy atom. The molecule has 30 heavy (non-hydrogen) atoms. The Bertz CT molecular complexity index is 1130. The van der Waals surface area contributed by atoms with Crippen molar-refractivity contribution in [2.75, 3.05) is 11.9 Å². The van der Waals surface area contributed by atoms with Crippen molar-refractivity contribution < 1.29 is 13.2 Å². The first-order valence-electron chi connectivity index (χ1n) is 10.3. The van der Waals surface area contributed by atoms with Crippen LogP contribution < -0.4 is 5.32 Å². The van der Waals surface area contributed by atoms with E-state index in [9.17, 15) is 13.2 Å². The molecule has 0 spiro atoms. The lowest BCUT2D eigenvalue weighted by molar-refractivity contribution is 0.102. The molecule has 0 radical (unpaired) electrons. The van der Waals surface area contributed by atoms with E-state index in [2.05, 4.69) is 10.3 Å². The maximum absolute atomic E-state index is 13.2. The summed E-state index contributed by atoms with van der Waals surface area (Å²) in [6, 6.07) is 11.8. The fraction of sp³-hybridized carbons (Fsp3) is 0.364. The Morgan fingerprint density at radius 2 is 1.87 bits per heavy atom. The molecule has 1 saturated carbocycles. The van der Waals surface area contributed by atoms with Gasteiger partial charge in [0.1, 0.15) is 0 Å². The molecular formula is C22H25N3O3S2. The second kappa shape index (κ2) is 8.83. The fourth-order valence-corrected chi connectivity index (χ4v) is 6.40. The van der Waals surface area contributed by atoms with Gasteiger partial charge in [0.2, 0.25) is 10.0 Å². The van der Waals surface area contributed by atoms with Crippen LogP contribution in [0.4, 0.5) is 5.69 Å². The first-order valence-corrected chi connectivity index (χ1v) is 12.6. The third-order valence-electron chi connectivity index (χ3n) is 5.61. The molecule has 2 aromatic carbocycles. The molecule has 1 heterocycles. The van der Waals surface area contributed by atoms with Crippen LogP contribution in [0.25, 0.3) is 10.2 Å². The molecule has 0 bridgehead atoms. The van der Waals surface area contributed by atoms with E-state index < -0.39 is 10.0 Å². The van der Waals surface area contributed by atoms with Gasteiger partial charge in [-0.15, -0.1) is 11.3 Å². The molecule has 1 amide bonds. The van der Waals surface area contributed by atoms with E-state index in [0.717, 1.165) is 35.9 Å². The van der Waals surface area contributed by atoms with E-state index >= 15 is 0 Å². The number of carbonyl (C=O) groups is 1. The monoisotopic (exact) mass is 443 g/mol. The van der Waals surface area contributed by atoms with Gasteiger partial charge in [0.15, 0.2) is 0 Å². The third kappa shape index (κ3) is 4.26. The van der Waals surface area contributed by atoms with Crippen molar-refractivity contribution in [1.29, 1.82) is 0 Å². The summed E-state index contributed by atoms with van der Waals surface area (Å²) in [6.45, 7) is 2.33. The molecule has 0 aliphatic heterocycles. The number of amides is 1. The van der Waals surface area contributed by atoms with Crippen LogP contribution in [0, 0.1) is 0 Å². The van der Waals surface area contributed by atoms with Crippen molar-refractivity contribution in [1.82, 2.24) is 9.29 Å². The van der Waals surface area contributed by atoms with Gasteiger partial charge in [0.05, 0.1) is 20.6 Å². The van der Waals surface area contributed by atoms with E-state index in [1.54, 1.807) is 33.3 Å². The highest BCUT2D eigenvalue weighted by Crippen LogP contribution is 2.28. The highest BCUT2D eigenvalue weighted by Gasteiger charge is 2.31. The Labute approximate surface area is 181 Å². The first-order chi connectivity index (χ1) is 14.5. The highest BCUT2D eigenvalue weighted by molar-refractivity contribution is 7.89.